The molecule has 200 valence electrons. The summed E-state index contributed by atoms with van der Waals surface area (Å²) in [6, 6.07) is 12.2. The summed E-state index contributed by atoms with van der Waals surface area (Å²) in [5.41, 5.74) is 0.997. The minimum atomic E-state index is -1.58. The van der Waals surface area contributed by atoms with E-state index < -0.39 is 35.4 Å². The molecular formula is C29H39N3O5. The van der Waals surface area contributed by atoms with Gasteiger partial charge in [-0.05, 0) is 48.8 Å². The molecule has 1 aliphatic rings. The van der Waals surface area contributed by atoms with Crippen LogP contribution in [-0.4, -0.2) is 64.1 Å². The maximum absolute atomic E-state index is 13.7. The van der Waals surface area contributed by atoms with Crippen molar-refractivity contribution in [3.8, 4) is 5.75 Å². The van der Waals surface area contributed by atoms with Crippen molar-refractivity contribution in [2.24, 2.45) is 11.3 Å². The molecule has 3 amide bonds. The van der Waals surface area contributed by atoms with Gasteiger partial charge in [0, 0.05) is 24.2 Å². The molecule has 4 atom stereocenters. The monoisotopic (exact) mass is 509 g/mol. The van der Waals surface area contributed by atoms with Crippen LogP contribution in [0.5, 0.6) is 5.75 Å². The molecule has 0 bridgehead atoms. The summed E-state index contributed by atoms with van der Waals surface area (Å²) < 4.78 is 0. The van der Waals surface area contributed by atoms with Crippen LogP contribution in [0.25, 0.3) is 0 Å². The van der Waals surface area contributed by atoms with Crippen LogP contribution in [0.3, 0.4) is 0 Å². The normalized spacial score (nSPS) is 20.2. The fourth-order valence-electron chi connectivity index (χ4n) is 4.92. The number of rotatable bonds is 9. The summed E-state index contributed by atoms with van der Waals surface area (Å²) in [4.78, 5) is 41.5. The minimum Gasteiger partial charge on any atom is -0.508 e. The van der Waals surface area contributed by atoms with Gasteiger partial charge in [-0.2, -0.15) is 0 Å². The molecule has 4 N–H and O–H groups in total. The highest BCUT2D eigenvalue weighted by molar-refractivity contribution is 5.97. The first kappa shape index (κ1) is 28.2. The quantitative estimate of drug-likeness (QED) is 0.415. The Balaban J connectivity index is 1.90. The van der Waals surface area contributed by atoms with E-state index in [1.165, 1.54) is 11.0 Å². The van der Waals surface area contributed by atoms with Gasteiger partial charge in [0.1, 0.15) is 11.8 Å². The van der Waals surface area contributed by atoms with E-state index in [9.17, 15) is 24.6 Å². The van der Waals surface area contributed by atoms with Crippen LogP contribution in [0.4, 0.5) is 0 Å². The van der Waals surface area contributed by atoms with E-state index in [1.54, 1.807) is 19.1 Å². The van der Waals surface area contributed by atoms with Crippen molar-refractivity contribution < 1.29 is 24.6 Å². The number of aromatic hydroxyl groups is 1. The summed E-state index contributed by atoms with van der Waals surface area (Å²) in [5, 5.41) is 27.1. The first-order valence-electron chi connectivity index (χ1n) is 12.9. The zero-order valence-corrected chi connectivity index (χ0v) is 22.3. The van der Waals surface area contributed by atoms with Gasteiger partial charge in [0.25, 0.3) is 11.8 Å². The highest BCUT2D eigenvalue weighted by Crippen LogP contribution is 2.41. The second-order valence-electron chi connectivity index (χ2n) is 10.6. The van der Waals surface area contributed by atoms with Gasteiger partial charge in [0.2, 0.25) is 5.91 Å². The number of aliphatic hydroxyl groups is 1. The fraction of sp³-hybridized carbons (Fsp3) is 0.483. The first-order valence-corrected chi connectivity index (χ1v) is 12.9. The third kappa shape index (κ3) is 6.13. The van der Waals surface area contributed by atoms with Gasteiger partial charge < -0.3 is 25.7 Å². The molecule has 0 aliphatic carbocycles. The van der Waals surface area contributed by atoms with Crippen molar-refractivity contribution in [1.29, 1.82) is 0 Å². The van der Waals surface area contributed by atoms with Crippen LogP contribution < -0.4 is 10.6 Å². The van der Waals surface area contributed by atoms with E-state index in [-0.39, 0.29) is 29.6 Å². The van der Waals surface area contributed by atoms with Crippen molar-refractivity contribution in [1.82, 2.24) is 15.5 Å². The van der Waals surface area contributed by atoms with Gasteiger partial charge in [-0.15, -0.1) is 0 Å². The van der Waals surface area contributed by atoms with E-state index in [4.69, 9.17) is 0 Å². The van der Waals surface area contributed by atoms with Crippen LogP contribution in [0.1, 0.15) is 55.6 Å². The van der Waals surface area contributed by atoms with Gasteiger partial charge in [-0.25, -0.2) is 0 Å². The van der Waals surface area contributed by atoms with Crippen molar-refractivity contribution in [3.05, 3.63) is 65.2 Å². The summed E-state index contributed by atoms with van der Waals surface area (Å²) in [6.45, 7) is 10.3. The lowest BCUT2D eigenvalue weighted by atomic mass is 9.77. The van der Waals surface area contributed by atoms with Gasteiger partial charge in [-0.3, -0.25) is 14.4 Å². The molecule has 1 fully saturated rings. The number of nitrogens with one attached hydrogen (secondary N) is 2. The van der Waals surface area contributed by atoms with E-state index in [2.05, 4.69) is 10.6 Å². The van der Waals surface area contributed by atoms with Crippen LogP contribution in [0.2, 0.25) is 0 Å². The van der Waals surface area contributed by atoms with Gasteiger partial charge >= 0.3 is 0 Å². The Labute approximate surface area is 219 Å². The third-order valence-corrected chi connectivity index (χ3v) is 7.64. The molecule has 1 unspecified atom stereocenters. The largest absolute Gasteiger partial charge is 0.508 e. The zero-order valence-electron chi connectivity index (χ0n) is 22.3. The van der Waals surface area contributed by atoms with E-state index >= 15 is 0 Å². The number of carbonyl (C=O) groups excluding carboxylic acids is 3. The van der Waals surface area contributed by atoms with Crippen molar-refractivity contribution in [3.63, 3.8) is 0 Å². The van der Waals surface area contributed by atoms with E-state index in [0.29, 0.717) is 18.7 Å². The number of phenols is 1. The second-order valence-corrected chi connectivity index (χ2v) is 10.6. The summed E-state index contributed by atoms with van der Waals surface area (Å²) >= 11 is 0. The van der Waals surface area contributed by atoms with Gasteiger partial charge in [-0.1, -0.05) is 64.1 Å². The van der Waals surface area contributed by atoms with Crippen molar-refractivity contribution >= 4 is 17.7 Å². The lowest BCUT2D eigenvalue weighted by Crippen LogP contribution is -2.57. The number of hydrogen-bond donors (Lipinski definition) is 4. The molecule has 8 nitrogen and oxygen atoms in total. The Morgan fingerprint density at radius 2 is 1.78 bits per heavy atom. The average Bonchev–Trinajstić information content (AvgIpc) is 3.11. The molecule has 8 heteroatoms. The van der Waals surface area contributed by atoms with Gasteiger partial charge in [0.05, 0.1) is 6.04 Å². The number of hydrogen-bond acceptors (Lipinski definition) is 5. The lowest BCUT2D eigenvalue weighted by molar-refractivity contribution is -0.148. The molecule has 0 radical (unpaired) electrons. The number of carbonyl (C=O) groups is 3. The Morgan fingerprint density at radius 3 is 2.43 bits per heavy atom. The Morgan fingerprint density at radius 1 is 1.11 bits per heavy atom. The number of phenolic OH excluding ortho intramolecular Hbond substituents is 1. The van der Waals surface area contributed by atoms with Gasteiger partial charge in [0.15, 0.2) is 6.10 Å². The smallest absolute Gasteiger partial charge is 0.254 e. The van der Waals surface area contributed by atoms with Crippen molar-refractivity contribution in [2.75, 3.05) is 13.1 Å². The Bertz CT molecular complexity index is 1120. The third-order valence-electron chi connectivity index (χ3n) is 7.64. The molecule has 37 heavy (non-hydrogen) atoms. The molecule has 2 aromatic rings. The molecule has 3 rings (SSSR count). The predicted molar refractivity (Wildman–Crippen MR) is 142 cm³/mol. The predicted octanol–water partition coefficient (Wildman–Crippen LogP) is 2.80. The van der Waals surface area contributed by atoms with Crippen molar-refractivity contribution in [2.45, 2.75) is 65.6 Å². The number of nitrogens with zero attached hydrogens (tertiary/aromatic N) is 1. The topological polar surface area (TPSA) is 119 Å². The molecule has 0 spiro atoms. The van der Waals surface area contributed by atoms with E-state index in [1.807, 2.05) is 58.0 Å². The van der Waals surface area contributed by atoms with E-state index in [0.717, 1.165) is 12.0 Å². The second kappa shape index (κ2) is 11.8. The number of benzene rings is 2. The summed E-state index contributed by atoms with van der Waals surface area (Å²) in [6.07, 6.45) is -0.606. The standard InChI is InChI=1S/C29H39N3O5/c1-6-15-30-27(36)25-29(4,5)18(2)17-32(25)28(37)24(34)22(16-20-11-8-7-9-12-20)31-26(35)21-13-10-14-23(33)19(21)3/h7-14,18,22,24-25,33-34H,6,15-17H2,1-5H3,(H,30,36)(H,31,35)/t18-,22-,24-,25?/m0/s1. The summed E-state index contributed by atoms with van der Waals surface area (Å²) in [7, 11) is 0. The zero-order chi connectivity index (χ0) is 27.3. The van der Waals surface area contributed by atoms with Crippen LogP contribution in [0, 0.1) is 18.3 Å². The lowest BCUT2D eigenvalue weighted by Gasteiger charge is -2.34. The van der Waals surface area contributed by atoms with Crippen LogP contribution in [0.15, 0.2) is 48.5 Å². The number of amides is 3. The summed E-state index contributed by atoms with van der Waals surface area (Å²) in [5.74, 6) is -1.33. The molecule has 0 saturated carbocycles. The van der Waals surface area contributed by atoms with Crippen LogP contribution in [-0.2, 0) is 16.0 Å². The Hall–Kier alpha value is -3.39. The highest BCUT2D eigenvalue weighted by atomic mass is 16.3. The SMILES string of the molecule is CCCNC(=O)C1N(C(=O)[C@@H](O)[C@H](Cc2ccccc2)NC(=O)c2cccc(O)c2C)C[C@H](C)C1(C)C. The average molecular weight is 510 g/mol. The highest BCUT2D eigenvalue weighted by Gasteiger charge is 2.52. The molecule has 0 aromatic heterocycles. The maximum atomic E-state index is 13.7. The van der Waals surface area contributed by atoms with Crippen LogP contribution >= 0.6 is 0 Å². The fourth-order valence-corrected chi connectivity index (χ4v) is 4.92. The number of aliphatic hydroxyl groups excluding tert-OH is 1. The molecule has 1 saturated heterocycles. The molecule has 1 heterocycles. The molecule has 2 aromatic carbocycles. The number of likely N-dealkylation sites (tertiary alicyclic amines) is 1. The molecular weight excluding hydrogens is 470 g/mol. The maximum Gasteiger partial charge on any atom is 0.254 e. The Kier molecular flexibility index (Phi) is 8.97. The first-order chi connectivity index (χ1) is 17.5. The minimum absolute atomic E-state index is 0.0156. The molecule has 1 aliphatic heterocycles.